The van der Waals surface area contributed by atoms with Crippen molar-refractivity contribution in [3.05, 3.63) is 88.9 Å². The SMILES string of the molecule is O=C1/C(=C/c2ccc(-c3ccc(F)cc3)o2)Cc2ccccc21. The van der Waals surface area contributed by atoms with E-state index in [9.17, 15) is 9.18 Å². The predicted molar refractivity (Wildman–Crippen MR) is 86.6 cm³/mol. The van der Waals surface area contributed by atoms with E-state index in [0.29, 0.717) is 17.9 Å². The fourth-order valence-corrected chi connectivity index (χ4v) is 2.84. The molecule has 0 unspecified atom stereocenters. The molecule has 0 bridgehead atoms. The van der Waals surface area contributed by atoms with Gasteiger partial charge in [-0.05, 0) is 48.0 Å². The largest absolute Gasteiger partial charge is 0.457 e. The van der Waals surface area contributed by atoms with Crippen molar-refractivity contribution in [3.63, 3.8) is 0 Å². The van der Waals surface area contributed by atoms with Crippen molar-refractivity contribution in [2.45, 2.75) is 6.42 Å². The summed E-state index contributed by atoms with van der Waals surface area (Å²) in [7, 11) is 0. The van der Waals surface area contributed by atoms with E-state index in [4.69, 9.17) is 4.42 Å². The van der Waals surface area contributed by atoms with Crippen LogP contribution >= 0.6 is 0 Å². The molecular formula is C20H13FO2. The third-order valence-electron chi connectivity index (χ3n) is 4.01. The minimum Gasteiger partial charge on any atom is -0.457 e. The highest BCUT2D eigenvalue weighted by atomic mass is 19.1. The number of rotatable bonds is 2. The number of carbonyl (C=O) groups excluding carboxylic acids is 1. The monoisotopic (exact) mass is 304 g/mol. The van der Waals surface area contributed by atoms with Crippen LogP contribution < -0.4 is 0 Å². The summed E-state index contributed by atoms with van der Waals surface area (Å²) in [6.45, 7) is 0. The van der Waals surface area contributed by atoms with Crippen LogP contribution in [0.5, 0.6) is 0 Å². The molecule has 23 heavy (non-hydrogen) atoms. The summed E-state index contributed by atoms with van der Waals surface area (Å²) in [5, 5.41) is 0. The van der Waals surface area contributed by atoms with E-state index in [-0.39, 0.29) is 11.6 Å². The lowest BCUT2D eigenvalue weighted by Gasteiger charge is -1.96. The van der Waals surface area contributed by atoms with Gasteiger partial charge in [-0.2, -0.15) is 0 Å². The zero-order valence-corrected chi connectivity index (χ0v) is 12.3. The standard InChI is InChI=1S/C20H13FO2/c21-16-7-5-13(6-8-16)19-10-9-17(23-19)12-15-11-14-3-1-2-4-18(14)20(15)22/h1-10,12H,11H2/b15-12+. The number of halogens is 1. The van der Waals surface area contributed by atoms with Gasteiger partial charge in [-0.1, -0.05) is 24.3 Å². The first kappa shape index (κ1) is 13.7. The Morgan fingerprint density at radius 3 is 2.52 bits per heavy atom. The number of hydrogen-bond acceptors (Lipinski definition) is 2. The second-order valence-corrected chi connectivity index (χ2v) is 5.54. The Hall–Kier alpha value is -2.94. The summed E-state index contributed by atoms with van der Waals surface area (Å²) in [5.41, 5.74) is 3.35. The number of Topliss-reactive ketones (excluding diaryl/α,β-unsaturated/α-hetero) is 1. The zero-order valence-electron chi connectivity index (χ0n) is 12.3. The Morgan fingerprint density at radius 1 is 0.957 bits per heavy atom. The predicted octanol–water partition coefficient (Wildman–Crippen LogP) is 4.91. The van der Waals surface area contributed by atoms with Crippen LogP contribution in [0.25, 0.3) is 17.4 Å². The van der Waals surface area contributed by atoms with Gasteiger partial charge in [0.1, 0.15) is 17.3 Å². The fraction of sp³-hybridized carbons (Fsp3) is 0.0500. The highest BCUT2D eigenvalue weighted by molar-refractivity contribution is 6.15. The van der Waals surface area contributed by atoms with E-state index in [1.807, 2.05) is 36.4 Å². The molecule has 3 heteroatoms. The van der Waals surface area contributed by atoms with Crippen LogP contribution in [0, 0.1) is 5.82 Å². The van der Waals surface area contributed by atoms with E-state index < -0.39 is 0 Å². The lowest BCUT2D eigenvalue weighted by Crippen LogP contribution is -1.94. The lowest BCUT2D eigenvalue weighted by atomic mass is 10.1. The molecule has 2 nitrogen and oxygen atoms in total. The number of allylic oxidation sites excluding steroid dienone is 1. The molecule has 1 aromatic heterocycles. The number of fused-ring (bicyclic) bond motifs is 1. The average Bonchev–Trinajstić information content (AvgIpc) is 3.15. The Bertz CT molecular complexity index is 917. The molecule has 0 fully saturated rings. The second kappa shape index (κ2) is 5.36. The maximum atomic E-state index is 13.0. The lowest BCUT2D eigenvalue weighted by molar-refractivity contribution is 0.104. The van der Waals surface area contributed by atoms with Crippen molar-refractivity contribution in [1.29, 1.82) is 0 Å². The summed E-state index contributed by atoms with van der Waals surface area (Å²) in [4.78, 5) is 12.4. The summed E-state index contributed by atoms with van der Waals surface area (Å²) >= 11 is 0. The van der Waals surface area contributed by atoms with Crippen molar-refractivity contribution in [2.75, 3.05) is 0 Å². The van der Waals surface area contributed by atoms with Gasteiger partial charge in [0.2, 0.25) is 0 Å². The molecule has 0 aliphatic heterocycles. The highest BCUT2D eigenvalue weighted by Crippen LogP contribution is 2.29. The first-order chi connectivity index (χ1) is 11.2. The number of furan rings is 1. The smallest absolute Gasteiger partial charge is 0.189 e. The Labute approximate surface area is 132 Å². The molecule has 1 heterocycles. The molecule has 1 aliphatic rings. The van der Waals surface area contributed by atoms with Gasteiger partial charge in [0, 0.05) is 23.1 Å². The van der Waals surface area contributed by atoms with Crippen LogP contribution in [0.1, 0.15) is 21.7 Å². The van der Waals surface area contributed by atoms with E-state index in [1.165, 1.54) is 12.1 Å². The summed E-state index contributed by atoms with van der Waals surface area (Å²) in [5.74, 6) is 1.05. The van der Waals surface area contributed by atoms with Gasteiger partial charge in [0.05, 0.1) is 0 Å². The van der Waals surface area contributed by atoms with Crippen LogP contribution in [0.2, 0.25) is 0 Å². The fourth-order valence-electron chi connectivity index (χ4n) is 2.84. The molecule has 112 valence electrons. The van der Waals surface area contributed by atoms with Gasteiger partial charge in [-0.25, -0.2) is 4.39 Å². The topological polar surface area (TPSA) is 30.2 Å². The molecule has 1 aliphatic carbocycles. The maximum Gasteiger partial charge on any atom is 0.189 e. The zero-order chi connectivity index (χ0) is 15.8. The van der Waals surface area contributed by atoms with E-state index in [0.717, 1.165) is 22.3 Å². The average molecular weight is 304 g/mol. The quantitative estimate of drug-likeness (QED) is 0.630. The van der Waals surface area contributed by atoms with Crippen molar-refractivity contribution in [2.24, 2.45) is 0 Å². The Kier molecular flexibility index (Phi) is 3.19. The van der Waals surface area contributed by atoms with Gasteiger partial charge in [0.25, 0.3) is 0 Å². The first-order valence-electron chi connectivity index (χ1n) is 7.40. The minimum absolute atomic E-state index is 0.0559. The van der Waals surface area contributed by atoms with E-state index >= 15 is 0 Å². The molecule has 0 radical (unpaired) electrons. The van der Waals surface area contributed by atoms with Crippen LogP contribution in [0.15, 0.2) is 70.7 Å². The molecule has 3 aromatic rings. The van der Waals surface area contributed by atoms with Crippen molar-refractivity contribution in [3.8, 4) is 11.3 Å². The van der Waals surface area contributed by atoms with Crippen LogP contribution in [0.4, 0.5) is 4.39 Å². The van der Waals surface area contributed by atoms with Crippen LogP contribution in [-0.4, -0.2) is 5.78 Å². The van der Waals surface area contributed by atoms with Crippen molar-refractivity contribution >= 4 is 11.9 Å². The van der Waals surface area contributed by atoms with E-state index in [2.05, 4.69) is 0 Å². The normalized spacial score (nSPS) is 15.2. The summed E-state index contributed by atoms with van der Waals surface area (Å²) in [6, 6.07) is 17.4. The van der Waals surface area contributed by atoms with Gasteiger partial charge in [-0.3, -0.25) is 4.79 Å². The molecule has 0 atom stereocenters. The van der Waals surface area contributed by atoms with Gasteiger partial charge in [0.15, 0.2) is 5.78 Å². The summed E-state index contributed by atoms with van der Waals surface area (Å²) < 4.78 is 18.7. The van der Waals surface area contributed by atoms with Crippen LogP contribution in [-0.2, 0) is 6.42 Å². The highest BCUT2D eigenvalue weighted by Gasteiger charge is 2.24. The van der Waals surface area contributed by atoms with Gasteiger partial charge >= 0.3 is 0 Å². The molecule has 0 saturated carbocycles. The molecule has 0 N–H and O–H groups in total. The van der Waals surface area contributed by atoms with Gasteiger partial charge in [-0.15, -0.1) is 0 Å². The van der Waals surface area contributed by atoms with E-state index in [1.54, 1.807) is 18.2 Å². The first-order valence-corrected chi connectivity index (χ1v) is 7.40. The molecule has 2 aromatic carbocycles. The third-order valence-corrected chi connectivity index (χ3v) is 4.01. The van der Waals surface area contributed by atoms with Crippen molar-refractivity contribution < 1.29 is 13.6 Å². The minimum atomic E-state index is -0.281. The molecular weight excluding hydrogens is 291 g/mol. The van der Waals surface area contributed by atoms with Crippen molar-refractivity contribution in [1.82, 2.24) is 0 Å². The Morgan fingerprint density at radius 2 is 1.74 bits per heavy atom. The summed E-state index contributed by atoms with van der Waals surface area (Å²) in [6.07, 6.45) is 2.41. The molecule has 0 saturated heterocycles. The number of ketones is 1. The Balaban J connectivity index is 1.64. The number of carbonyl (C=O) groups is 1. The van der Waals surface area contributed by atoms with Crippen LogP contribution in [0.3, 0.4) is 0 Å². The maximum absolute atomic E-state index is 13.0. The second-order valence-electron chi connectivity index (χ2n) is 5.54. The third kappa shape index (κ3) is 2.50. The van der Waals surface area contributed by atoms with Gasteiger partial charge < -0.3 is 4.42 Å². The molecule has 0 spiro atoms. The molecule has 4 rings (SSSR count). The molecule has 0 amide bonds. The number of benzene rings is 2. The number of hydrogen-bond donors (Lipinski definition) is 0.